The van der Waals surface area contributed by atoms with Crippen LogP contribution in [0.3, 0.4) is 0 Å². The standard InChI is InChI=1S/C24H22N4O3S/c1-15-6-8-17(9-7-15)25-20(29)12-21-26-18(14-32-21)13-28-22(30)24(27-23(28)31)11-10-16-4-2-3-5-19(16)24/h2-9,14H,10-13H2,1H3,(H,25,29)(H,27,31). The highest BCUT2D eigenvalue weighted by atomic mass is 32.1. The molecular weight excluding hydrogens is 424 g/mol. The number of fused-ring (bicyclic) bond motifs is 2. The van der Waals surface area contributed by atoms with E-state index in [1.165, 1.54) is 16.2 Å². The number of benzene rings is 2. The van der Waals surface area contributed by atoms with E-state index >= 15 is 0 Å². The minimum atomic E-state index is -0.972. The first-order chi connectivity index (χ1) is 15.4. The Morgan fingerprint density at radius 2 is 1.97 bits per heavy atom. The number of amides is 4. The number of hydrogen-bond donors (Lipinski definition) is 2. The van der Waals surface area contributed by atoms with E-state index < -0.39 is 11.6 Å². The van der Waals surface area contributed by atoms with E-state index in [2.05, 4.69) is 15.6 Å². The van der Waals surface area contributed by atoms with E-state index in [1.54, 1.807) is 5.38 Å². The summed E-state index contributed by atoms with van der Waals surface area (Å²) in [6, 6.07) is 14.9. The summed E-state index contributed by atoms with van der Waals surface area (Å²) in [5.41, 5.74) is 3.46. The molecule has 2 heterocycles. The van der Waals surface area contributed by atoms with Crippen LogP contribution in [0.2, 0.25) is 0 Å². The molecule has 0 saturated carbocycles. The molecule has 2 aromatic carbocycles. The summed E-state index contributed by atoms with van der Waals surface area (Å²) in [6.45, 7) is 2.08. The molecular formula is C24H22N4O3S. The summed E-state index contributed by atoms with van der Waals surface area (Å²) in [5, 5.41) is 8.21. The summed E-state index contributed by atoms with van der Waals surface area (Å²) in [4.78, 5) is 44.0. The predicted octanol–water partition coefficient (Wildman–Crippen LogP) is 3.53. The molecule has 1 aromatic heterocycles. The van der Waals surface area contributed by atoms with Crippen molar-refractivity contribution in [2.45, 2.75) is 38.3 Å². The van der Waals surface area contributed by atoms with Gasteiger partial charge in [-0.3, -0.25) is 14.5 Å². The van der Waals surface area contributed by atoms with Crippen LogP contribution >= 0.6 is 11.3 Å². The first-order valence-electron chi connectivity index (χ1n) is 10.5. The maximum Gasteiger partial charge on any atom is 0.325 e. The monoisotopic (exact) mass is 446 g/mol. The Kier molecular flexibility index (Phi) is 5.01. The van der Waals surface area contributed by atoms with Crippen LogP contribution < -0.4 is 10.6 Å². The van der Waals surface area contributed by atoms with E-state index in [9.17, 15) is 14.4 Å². The van der Waals surface area contributed by atoms with E-state index in [0.717, 1.165) is 28.8 Å². The molecule has 1 saturated heterocycles. The second kappa shape index (κ2) is 7.87. The van der Waals surface area contributed by atoms with Crippen molar-refractivity contribution in [3.8, 4) is 0 Å². The van der Waals surface area contributed by atoms with Crippen LogP contribution in [0.1, 0.15) is 33.8 Å². The lowest BCUT2D eigenvalue weighted by Crippen LogP contribution is -2.41. The molecule has 2 aliphatic rings. The molecule has 4 amide bonds. The molecule has 0 radical (unpaired) electrons. The molecule has 0 bridgehead atoms. The summed E-state index contributed by atoms with van der Waals surface area (Å²) in [5.74, 6) is -0.398. The Hall–Kier alpha value is -3.52. The topological polar surface area (TPSA) is 91.4 Å². The normalized spacial score (nSPS) is 19.3. The van der Waals surface area contributed by atoms with Gasteiger partial charge in [0.25, 0.3) is 5.91 Å². The third kappa shape index (κ3) is 3.56. The summed E-state index contributed by atoms with van der Waals surface area (Å²) >= 11 is 1.35. The minimum Gasteiger partial charge on any atom is -0.326 e. The Labute approximate surface area is 189 Å². The number of imide groups is 1. The van der Waals surface area contributed by atoms with Crippen LogP contribution in [-0.4, -0.2) is 27.7 Å². The molecule has 2 N–H and O–H groups in total. The van der Waals surface area contributed by atoms with Gasteiger partial charge in [0.1, 0.15) is 10.5 Å². The SMILES string of the molecule is Cc1ccc(NC(=O)Cc2nc(CN3C(=O)NC4(CCc5ccccc54)C3=O)cs2)cc1. The van der Waals surface area contributed by atoms with Gasteiger partial charge in [-0.05, 0) is 43.0 Å². The van der Waals surface area contributed by atoms with Crippen molar-refractivity contribution in [2.24, 2.45) is 0 Å². The van der Waals surface area contributed by atoms with E-state index in [1.807, 2.05) is 55.5 Å². The van der Waals surface area contributed by atoms with Gasteiger partial charge in [-0.2, -0.15) is 0 Å². The van der Waals surface area contributed by atoms with Crippen LogP contribution in [0.5, 0.6) is 0 Å². The lowest BCUT2D eigenvalue weighted by atomic mass is 9.92. The van der Waals surface area contributed by atoms with Crippen molar-refractivity contribution in [1.82, 2.24) is 15.2 Å². The van der Waals surface area contributed by atoms with E-state index in [4.69, 9.17) is 0 Å². The number of anilines is 1. The third-order valence-corrected chi connectivity index (χ3v) is 6.89. The molecule has 8 heteroatoms. The number of urea groups is 1. The van der Waals surface area contributed by atoms with Gasteiger partial charge in [0.15, 0.2) is 0 Å². The van der Waals surface area contributed by atoms with Gasteiger partial charge in [-0.1, -0.05) is 42.0 Å². The van der Waals surface area contributed by atoms with Gasteiger partial charge in [0.05, 0.1) is 18.7 Å². The van der Waals surface area contributed by atoms with Crippen molar-refractivity contribution in [1.29, 1.82) is 0 Å². The molecule has 7 nitrogen and oxygen atoms in total. The predicted molar refractivity (Wildman–Crippen MR) is 121 cm³/mol. The largest absolute Gasteiger partial charge is 0.326 e. The van der Waals surface area contributed by atoms with Crippen molar-refractivity contribution in [3.63, 3.8) is 0 Å². The first kappa shape index (κ1) is 20.4. The Bertz CT molecular complexity index is 1220. The first-order valence-corrected chi connectivity index (χ1v) is 11.3. The van der Waals surface area contributed by atoms with Gasteiger partial charge < -0.3 is 10.6 Å². The summed E-state index contributed by atoms with van der Waals surface area (Å²) in [6.07, 6.45) is 1.46. The quantitative estimate of drug-likeness (QED) is 0.587. The van der Waals surface area contributed by atoms with Gasteiger partial charge in [0, 0.05) is 11.1 Å². The highest BCUT2D eigenvalue weighted by Gasteiger charge is 2.55. The molecule has 162 valence electrons. The van der Waals surface area contributed by atoms with Crippen molar-refractivity contribution < 1.29 is 14.4 Å². The summed E-state index contributed by atoms with van der Waals surface area (Å²) in [7, 11) is 0. The smallest absolute Gasteiger partial charge is 0.325 e. The second-order valence-corrected chi connectivity index (χ2v) is 9.15. The fraction of sp³-hybridized carbons (Fsp3) is 0.250. The zero-order valence-electron chi connectivity index (χ0n) is 17.6. The fourth-order valence-corrected chi connectivity index (χ4v) is 5.16. The maximum absolute atomic E-state index is 13.3. The highest BCUT2D eigenvalue weighted by molar-refractivity contribution is 7.09. The number of aromatic nitrogens is 1. The number of rotatable bonds is 5. The number of carbonyl (C=O) groups is 3. The third-order valence-electron chi connectivity index (χ3n) is 5.99. The van der Waals surface area contributed by atoms with Gasteiger partial charge in [-0.25, -0.2) is 9.78 Å². The van der Waals surface area contributed by atoms with Gasteiger partial charge >= 0.3 is 6.03 Å². The molecule has 1 unspecified atom stereocenters. The Balaban J connectivity index is 1.26. The van der Waals surface area contributed by atoms with Crippen molar-refractivity contribution in [2.75, 3.05) is 5.32 Å². The van der Waals surface area contributed by atoms with Gasteiger partial charge in [-0.15, -0.1) is 11.3 Å². The minimum absolute atomic E-state index is 0.0880. The lowest BCUT2D eigenvalue weighted by Gasteiger charge is -2.22. The molecule has 3 aromatic rings. The fourth-order valence-electron chi connectivity index (χ4n) is 4.38. The molecule has 1 spiro atoms. The molecule has 1 aliphatic heterocycles. The lowest BCUT2D eigenvalue weighted by molar-refractivity contribution is -0.132. The van der Waals surface area contributed by atoms with E-state index in [-0.39, 0.29) is 24.8 Å². The van der Waals surface area contributed by atoms with Crippen LogP contribution in [0.15, 0.2) is 53.9 Å². The number of carbonyl (C=O) groups excluding carboxylic acids is 3. The highest BCUT2D eigenvalue weighted by Crippen LogP contribution is 2.41. The summed E-state index contributed by atoms with van der Waals surface area (Å²) < 4.78 is 0. The van der Waals surface area contributed by atoms with Gasteiger partial charge in [0.2, 0.25) is 5.91 Å². The Morgan fingerprint density at radius 1 is 1.19 bits per heavy atom. The second-order valence-electron chi connectivity index (χ2n) is 8.21. The van der Waals surface area contributed by atoms with Crippen LogP contribution in [-0.2, 0) is 34.5 Å². The Morgan fingerprint density at radius 3 is 2.78 bits per heavy atom. The van der Waals surface area contributed by atoms with Crippen molar-refractivity contribution in [3.05, 3.63) is 81.3 Å². The van der Waals surface area contributed by atoms with Crippen LogP contribution in [0.4, 0.5) is 10.5 Å². The average molecular weight is 447 g/mol. The number of nitrogens with zero attached hydrogens (tertiary/aromatic N) is 2. The zero-order valence-corrected chi connectivity index (χ0v) is 18.4. The number of aryl methyl sites for hydroxylation is 2. The van der Waals surface area contributed by atoms with Crippen LogP contribution in [0, 0.1) is 6.92 Å². The maximum atomic E-state index is 13.3. The number of nitrogens with one attached hydrogen (secondary N) is 2. The number of hydrogen-bond acceptors (Lipinski definition) is 5. The molecule has 1 atom stereocenters. The molecule has 32 heavy (non-hydrogen) atoms. The number of thiazole rings is 1. The molecule has 1 fully saturated rings. The average Bonchev–Trinajstić information content (AvgIpc) is 3.44. The van der Waals surface area contributed by atoms with E-state index in [0.29, 0.717) is 17.1 Å². The van der Waals surface area contributed by atoms with Crippen molar-refractivity contribution >= 4 is 34.9 Å². The van der Waals surface area contributed by atoms with Crippen LogP contribution in [0.25, 0.3) is 0 Å². The molecule has 5 rings (SSSR count). The molecule has 1 aliphatic carbocycles. The zero-order chi connectivity index (χ0) is 22.3.